The van der Waals surface area contributed by atoms with Crippen molar-refractivity contribution in [1.29, 1.82) is 0 Å². The Bertz CT molecular complexity index is 1070. The fourth-order valence-corrected chi connectivity index (χ4v) is 5.53. The minimum Gasteiger partial charge on any atom is -0.495 e. The maximum absolute atomic E-state index is 13.1. The molecule has 3 rings (SSSR count). The van der Waals surface area contributed by atoms with Crippen molar-refractivity contribution in [2.24, 2.45) is 0 Å². The summed E-state index contributed by atoms with van der Waals surface area (Å²) in [6.45, 7) is 4.88. The Hall–Kier alpha value is -2.29. The highest BCUT2D eigenvalue weighted by Crippen LogP contribution is 2.34. The summed E-state index contributed by atoms with van der Waals surface area (Å²) in [5.41, 5.74) is 2.42. The molecular weight excluding hydrogens is 462 g/mol. The summed E-state index contributed by atoms with van der Waals surface area (Å²) in [7, 11) is -2.35. The Morgan fingerprint density at radius 2 is 1.82 bits per heavy atom. The van der Waals surface area contributed by atoms with E-state index < -0.39 is 22.0 Å². The number of nitrogens with zero attached hydrogens (tertiary/aromatic N) is 2. The van der Waals surface area contributed by atoms with Gasteiger partial charge in [-0.3, -0.25) is 14.0 Å². The summed E-state index contributed by atoms with van der Waals surface area (Å²) >= 11 is 6.11. The molecule has 0 aliphatic carbocycles. The van der Waals surface area contributed by atoms with E-state index >= 15 is 0 Å². The molecule has 1 amide bonds. The first-order chi connectivity index (χ1) is 15.7. The molecule has 1 heterocycles. The Kier molecular flexibility index (Phi) is 8.62. The second-order valence-corrected chi connectivity index (χ2v) is 10.7. The van der Waals surface area contributed by atoms with Gasteiger partial charge in [-0.2, -0.15) is 0 Å². The van der Waals surface area contributed by atoms with E-state index in [2.05, 4.69) is 16.3 Å². The number of hydrogen-bond acceptors (Lipinski definition) is 5. The number of amides is 1. The average molecular weight is 494 g/mol. The van der Waals surface area contributed by atoms with Crippen LogP contribution in [-0.4, -0.2) is 51.7 Å². The van der Waals surface area contributed by atoms with Crippen molar-refractivity contribution in [3.05, 3.63) is 58.6 Å². The molecule has 33 heavy (non-hydrogen) atoms. The van der Waals surface area contributed by atoms with Gasteiger partial charge in [-0.25, -0.2) is 8.42 Å². The smallest absolute Gasteiger partial charge is 0.243 e. The molecule has 180 valence electrons. The predicted molar refractivity (Wildman–Crippen MR) is 132 cm³/mol. The number of hydrogen-bond donors (Lipinski definition) is 1. The van der Waals surface area contributed by atoms with Crippen molar-refractivity contribution in [2.45, 2.75) is 45.3 Å². The number of halogens is 1. The van der Waals surface area contributed by atoms with Crippen molar-refractivity contribution in [1.82, 2.24) is 10.2 Å². The van der Waals surface area contributed by atoms with Gasteiger partial charge < -0.3 is 10.1 Å². The summed E-state index contributed by atoms with van der Waals surface area (Å²) < 4.78 is 31.7. The van der Waals surface area contributed by atoms with E-state index in [1.54, 1.807) is 19.1 Å². The lowest BCUT2D eigenvalue weighted by atomic mass is 10.0. The van der Waals surface area contributed by atoms with Crippen molar-refractivity contribution in [2.75, 3.05) is 30.8 Å². The van der Waals surface area contributed by atoms with Crippen LogP contribution in [0.2, 0.25) is 5.02 Å². The van der Waals surface area contributed by atoms with E-state index in [1.165, 1.54) is 38.0 Å². The highest BCUT2D eigenvalue weighted by atomic mass is 35.5. The van der Waals surface area contributed by atoms with Gasteiger partial charge in [0.1, 0.15) is 11.8 Å². The lowest BCUT2D eigenvalue weighted by molar-refractivity contribution is -0.122. The molecular formula is C24H32ClN3O4S. The van der Waals surface area contributed by atoms with E-state index in [4.69, 9.17) is 16.3 Å². The molecule has 0 radical (unpaired) electrons. The molecule has 0 aromatic heterocycles. The number of carbonyl (C=O) groups is 1. The first kappa shape index (κ1) is 25.3. The van der Waals surface area contributed by atoms with Gasteiger partial charge in [-0.1, -0.05) is 42.3 Å². The van der Waals surface area contributed by atoms with Crippen molar-refractivity contribution in [3.63, 3.8) is 0 Å². The quantitative estimate of drug-likeness (QED) is 0.574. The topological polar surface area (TPSA) is 79.0 Å². The fourth-order valence-electron chi connectivity index (χ4n) is 4.19. The molecule has 7 nitrogen and oxygen atoms in total. The Balaban J connectivity index is 1.76. The largest absolute Gasteiger partial charge is 0.495 e. The summed E-state index contributed by atoms with van der Waals surface area (Å²) in [6, 6.07) is 11.7. The van der Waals surface area contributed by atoms with E-state index in [0.29, 0.717) is 17.3 Å². The minimum atomic E-state index is -3.79. The molecule has 1 aliphatic rings. The number of likely N-dealkylation sites (tertiary alicyclic amines) is 1. The van der Waals surface area contributed by atoms with Gasteiger partial charge in [0, 0.05) is 18.1 Å². The number of benzene rings is 2. The van der Waals surface area contributed by atoms with Crippen LogP contribution in [0.3, 0.4) is 0 Å². The zero-order valence-electron chi connectivity index (χ0n) is 19.4. The molecule has 9 heteroatoms. The first-order valence-corrected chi connectivity index (χ1v) is 13.3. The lowest BCUT2D eigenvalue weighted by Gasteiger charge is -2.30. The number of methoxy groups -OCH3 is 1. The highest BCUT2D eigenvalue weighted by Gasteiger charge is 2.31. The van der Waals surface area contributed by atoms with E-state index in [-0.39, 0.29) is 5.69 Å². The monoisotopic (exact) mass is 493 g/mol. The summed E-state index contributed by atoms with van der Waals surface area (Å²) in [4.78, 5) is 15.5. The van der Waals surface area contributed by atoms with Crippen LogP contribution in [0.1, 0.15) is 37.3 Å². The van der Waals surface area contributed by atoms with Crippen LogP contribution >= 0.6 is 11.6 Å². The molecule has 0 bridgehead atoms. The molecule has 1 unspecified atom stereocenters. The van der Waals surface area contributed by atoms with Gasteiger partial charge in [0.15, 0.2) is 0 Å². The van der Waals surface area contributed by atoms with Crippen LogP contribution in [0.15, 0.2) is 42.5 Å². The number of ether oxygens (including phenoxy) is 1. The Morgan fingerprint density at radius 1 is 1.15 bits per heavy atom. The molecule has 1 atom stereocenters. The molecule has 1 N–H and O–H groups in total. The molecule has 2 aromatic rings. The standard InChI is InChI=1S/C24H32ClN3O4S/c1-18(28(33(3,30)31)22-15-21(25)11-12-23(22)32-2)24(29)26-16-19-9-5-6-10-20(19)17-27-13-7-4-8-14-27/h5-6,9-12,15,18H,4,7-8,13-14,16-17H2,1-3H3,(H,26,29). The first-order valence-electron chi connectivity index (χ1n) is 11.1. The molecule has 0 saturated carbocycles. The number of nitrogens with one attached hydrogen (secondary N) is 1. The number of rotatable bonds is 9. The van der Waals surface area contributed by atoms with Crippen LogP contribution < -0.4 is 14.4 Å². The Morgan fingerprint density at radius 3 is 2.45 bits per heavy atom. The minimum absolute atomic E-state index is 0.223. The van der Waals surface area contributed by atoms with Gasteiger partial charge >= 0.3 is 0 Å². The SMILES string of the molecule is COc1ccc(Cl)cc1N(C(C)C(=O)NCc1ccccc1CN1CCCCC1)S(C)(=O)=O. The maximum atomic E-state index is 13.1. The maximum Gasteiger partial charge on any atom is 0.243 e. The van der Waals surface area contributed by atoms with E-state index in [1.807, 2.05) is 18.2 Å². The second kappa shape index (κ2) is 11.2. The normalized spacial score (nSPS) is 15.6. The molecule has 2 aromatic carbocycles. The zero-order chi connectivity index (χ0) is 24.0. The molecule has 1 fully saturated rings. The number of carbonyl (C=O) groups excluding carboxylic acids is 1. The summed E-state index contributed by atoms with van der Waals surface area (Å²) in [5.74, 6) is -0.0911. The average Bonchev–Trinajstić information content (AvgIpc) is 2.78. The molecule has 1 aliphatic heterocycles. The van der Waals surface area contributed by atoms with Gasteiger partial charge in [-0.15, -0.1) is 0 Å². The fraction of sp³-hybridized carbons (Fsp3) is 0.458. The third-order valence-electron chi connectivity index (χ3n) is 5.88. The van der Waals surface area contributed by atoms with Gasteiger partial charge in [0.25, 0.3) is 0 Å². The zero-order valence-corrected chi connectivity index (χ0v) is 21.0. The van der Waals surface area contributed by atoms with Crippen molar-refractivity contribution < 1.29 is 17.9 Å². The van der Waals surface area contributed by atoms with Crippen molar-refractivity contribution in [3.8, 4) is 5.75 Å². The van der Waals surface area contributed by atoms with E-state index in [0.717, 1.165) is 35.8 Å². The highest BCUT2D eigenvalue weighted by molar-refractivity contribution is 7.92. The second-order valence-electron chi connectivity index (χ2n) is 8.37. The predicted octanol–water partition coefficient (Wildman–Crippen LogP) is 3.81. The molecule has 1 saturated heterocycles. The number of anilines is 1. The van der Waals surface area contributed by atoms with Crippen LogP contribution in [0, 0.1) is 0 Å². The van der Waals surface area contributed by atoms with Gasteiger partial charge in [0.05, 0.1) is 19.1 Å². The number of sulfonamides is 1. The van der Waals surface area contributed by atoms with Gasteiger partial charge in [-0.05, 0) is 62.2 Å². The van der Waals surface area contributed by atoms with E-state index in [9.17, 15) is 13.2 Å². The van der Waals surface area contributed by atoms with Crippen LogP contribution in [0.25, 0.3) is 0 Å². The number of piperidine rings is 1. The third-order valence-corrected chi connectivity index (χ3v) is 7.34. The van der Waals surface area contributed by atoms with Crippen molar-refractivity contribution >= 4 is 33.2 Å². The van der Waals surface area contributed by atoms with Crippen LogP contribution in [0.5, 0.6) is 5.75 Å². The lowest BCUT2D eigenvalue weighted by Crippen LogP contribution is -2.47. The Labute approximate surface area is 201 Å². The third kappa shape index (κ3) is 6.62. The summed E-state index contributed by atoms with van der Waals surface area (Å²) in [5, 5.41) is 3.26. The van der Waals surface area contributed by atoms with Gasteiger partial charge in [0.2, 0.25) is 15.9 Å². The van der Waals surface area contributed by atoms with Crippen LogP contribution in [0.4, 0.5) is 5.69 Å². The molecule has 0 spiro atoms. The van der Waals surface area contributed by atoms with Crippen LogP contribution in [-0.2, 0) is 27.9 Å². The summed E-state index contributed by atoms with van der Waals surface area (Å²) in [6.07, 6.45) is 4.76.